The molecule has 1 rings (SSSR count). The number of hydrogen-bond donors (Lipinski definition) is 0. The largest absolute Gasteiger partial charge is 0.496 e. The molecule has 0 amide bonds. The van der Waals surface area contributed by atoms with Crippen molar-refractivity contribution in [2.45, 2.75) is 12.4 Å². The van der Waals surface area contributed by atoms with Crippen molar-refractivity contribution in [2.24, 2.45) is 5.92 Å². The first-order valence-electron chi connectivity index (χ1n) is 4.99. The van der Waals surface area contributed by atoms with E-state index in [1.165, 1.54) is 7.11 Å². The van der Waals surface area contributed by atoms with E-state index in [1.54, 1.807) is 0 Å². The van der Waals surface area contributed by atoms with Crippen LogP contribution in [0.4, 0.5) is 26.3 Å². The predicted molar refractivity (Wildman–Crippen MR) is 60.6 cm³/mol. The molecule has 0 saturated heterocycles. The van der Waals surface area contributed by atoms with Crippen molar-refractivity contribution in [3.63, 3.8) is 0 Å². The summed E-state index contributed by atoms with van der Waals surface area (Å²) in [5.74, 6) is -5.93. The highest BCUT2D eigenvalue weighted by atomic mass is 79.9. The molecule has 0 saturated carbocycles. The maximum absolute atomic E-state index is 12.4. The van der Waals surface area contributed by atoms with Gasteiger partial charge >= 0.3 is 12.4 Å². The summed E-state index contributed by atoms with van der Waals surface area (Å²) >= 11 is 2.89. The molecule has 0 aliphatic rings. The SMILES string of the molecule is COc1ccc(C(=O)C(C(F)(F)F)C(F)(F)F)cc1Br. The molecule has 1 aromatic rings. The van der Waals surface area contributed by atoms with Gasteiger partial charge in [0.15, 0.2) is 5.78 Å². The van der Waals surface area contributed by atoms with E-state index < -0.39 is 29.6 Å². The van der Waals surface area contributed by atoms with Crippen molar-refractivity contribution in [1.82, 2.24) is 0 Å². The van der Waals surface area contributed by atoms with Gasteiger partial charge in [0.2, 0.25) is 5.92 Å². The summed E-state index contributed by atoms with van der Waals surface area (Å²) in [6.45, 7) is 0. The maximum atomic E-state index is 12.4. The van der Waals surface area contributed by atoms with E-state index in [4.69, 9.17) is 4.74 Å². The molecule has 0 radical (unpaired) electrons. The van der Waals surface area contributed by atoms with Gasteiger partial charge in [0.25, 0.3) is 0 Å². The zero-order valence-electron chi connectivity index (χ0n) is 9.77. The molecule has 20 heavy (non-hydrogen) atoms. The Bertz CT molecular complexity index is 495. The molecule has 0 atom stereocenters. The fourth-order valence-electron chi connectivity index (χ4n) is 1.47. The van der Waals surface area contributed by atoms with Gasteiger partial charge in [-0.2, -0.15) is 26.3 Å². The molecule has 112 valence electrons. The second-order valence-corrected chi connectivity index (χ2v) is 4.58. The Morgan fingerprint density at radius 2 is 1.65 bits per heavy atom. The van der Waals surface area contributed by atoms with E-state index in [0.717, 1.165) is 18.2 Å². The van der Waals surface area contributed by atoms with Crippen molar-refractivity contribution in [2.75, 3.05) is 7.11 Å². The Morgan fingerprint density at radius 3 is 2.00 bits per heavy atom. The molecule has 1 aromatic carbocycles. The van der Waals surface area contributed by atoms with Crippen molar-refractivity contribution >= 4 is 21.7 Å². The molecule has 0 aliphatic carbocycles. The molecule has 0 aromatic heterocycles. The highest BCUT2D eigenvalue weighted by molar-refractivity contribution is 9.10. The Labute approximate surface area is 117 Å². The first-order chi connectivity index (χ1) is 8.98. The van der Waals surface area contributed by atoms with Gasteiger partial charge in [-0.15, -0.1) is 0 Å². The van der Waals surface area contributed by atoms with Crippen molar-refractivity contribution in [3.8, 4) is 5.75 Å². The molecule has 0 bridgehead atoms. The van der Waals surface area contributed by atoms with Crippen LogP contribution in [0.5, 0.6) is 5.75 Å². The lowest BCUT2D eigenvalue weighted by Crippen LogP contribution is -2.42. The van der Waals surface area contributed by atoms with Crippen molar-refractivity contribution < 1.29 is 35.9 Å². The molecule has 0 heterocycles. The Morgan fingerprint density at radius 1 is 1.15 bits per heavy atom. The van der Waals surface area contributed by atoms with Gasteiger partial charge < -0.3 is 4.74 Å². The third-order valence-electron chi connectivity index (χ3n) is 2.35. The number of carbonyl (C=O) groups excluding carboxylic acids is 1. The number of rotatable bonds is 3. The van der Waals surface area contributed by atoms with Crippen molar-refractivity contribution in [3.05, 3.63) is 28.2 Å². The summed E-state index contributed by atoms with van der Waals surface area (Å²) in [6, 6.07) is 2.79. The predicted octanol–water partition coefficient (Wildman–Crippen LogP) is 4.38. The number of alkyl halides is 6. The zero-order valence-corrected chi connectivity index (χ0v) is 11.4. The highest BCUT2D eigenvalue weighted by Crippen LogP contribution is 2.41. The lowest BCUT2D eigenvalue weighted by atomic mass is 9.96. The van der Waals surface area contributed by atoms with Crippen LogP contribution in [0.1, 0.15) is 10.4 Å². The van der Waals surface area contributed by atoms with Crippen LogP contribution in [0.2, 0.25) is 0 Å². The molecule has 0 spiro atoms. The summed E-state index contributed by atoms with van der Waals surface area (Å²) in [5, 5.41) is 0. The van der Waals surface area contributed by atoms with Crippen LogP contribution in [0, 0.1) is 5.92 Å². The van der Waals surface area contributed by atoms with Gasteiger partial charge in [0.1, 0.15) is 5.75 Å². The Balaban J connectivity index is 3.24. The quantitative estimate of drug-likeness (QED) is 0.587. The molecular formula is C11H7BrF6O2. The molecule has 0 unspecified atom stereocenters. The fourth-order valence-corrected chi connectivity index (χ4v) is 2.01. The summed E-state index contributed by atoms with van der Waals surface area (Å²) < 4.78 is 79.4. The summed E-state index contributed by atoms with van der Waals surface area (Å²) in [4.78, 5) is 11.5. The van der Waals surface area contributed by atoms with Crippen LogP contribution < -0.4 is 4.74 Å². The van der Waals surface area contributed by atoms with Gasteiger partial charge in [-0.25, -0.2) is 0 Å². The fraction of sp³-hybridized carbons (Fsp3) is 0.364. The lowest BCUT2D eigenvalue weighted by molar-refractivity contribution is -0.264. The van der Waals surface area contributed by atoms with Crippen LogP contribution in [-0.4, -0.2) is 25.2 Å². The topological polar surface area (TPSA) is 26.3 Å². The molecule has 0 N–H and O–H groups in total. The lowest BCUT2D eigenvalue weighted by Gasteiger charge is -2.21. The van der Waals surface area contributed by atoms with Gasteiger partial charge in [-0.05, 0) is 34.1 Å². The summed E-state index contributed by atoms with van der Waals surface area (Å²) in [6.07, 6.45) is -11.4. The Hall–Kier alpha value is -1.25. The van der Waals surface area contributed by atoms with Crippen molar-refractivity contribution in [1.29, 1.82) is 0 Å². The van der Waals surface area contributed by atoms with E-state index >= 15 is 0 Å². The third kappa shape index (κ3) is 3.65. The van der Waals surface area contributed by atoms with Crippen LogP contribution in [0.15, 0.2) is 22.7 Å². The van der Waals surface area contributed by atoms with Gasteiger partial charge in [0, 0.05) is 5.56 Å². The van der Waals surface area contributed by atoms with Crippen LogP contribution in [-0.2, 0) is 0 Å². The number of Topliss-reactive ketones (excluding diaryl/α,β-unsaturated/α-hetero) is 1. The minimum absolute atomic E-state index is 0.0777. The minimum Gasteiger partial charge on any atom is -0.496 e. The third-order valence-corrected chi connectivity index (χ3v) is 2.97. The molecule has 2 nitrogen and oxygen atoms in total. The smallest absolute Gasteiger partial charge is 0.407 e. The second kappa shape index (κ2) is 5.63. The first kappa shape index (κ1) is 16.8. The highest BCUT2D eigenvalue weighted by Gasteiger charge is 2.60. The number of methoxy groups -OCH3 is 1. The first-order valence-corrected chi connectivity index (χ1v) is 5.79. The molecule has 0 aliphatic heterocycles. The van der Waals surface area contributed by atoms with Crippen LogP contribution in [0.3, 0.4) is 0 Å². The van der Waals surface area contributed by atoms with Gasteiger partial charge in [-0.3, -0.25) is 4.79 Å². The minimum atomic E-state index is -5.71. The van der Waals surface area contributed by atoms with E-state index in [-0.39, 0.29) is 10.2 Å². The zero-order chi connectivity index (χ0) is 15.7. The number of ketones is 1. The monoisotopic (exact) mass is 364 g/mol. The average molecular weight is 365 g/mol. The second-order valence-electron chi connectivity index (χ2n) is 3.73. The van der Waals surface area contributed by atoms with Gasteiger partial charge in [0.05, 0.1) is 11.6 Å². The summed E-state index contributed by atoms with van der Waals surface area (Å²) in [7, 11) is 1.26. The number of benzene rings is 1. The Kier molecular flexibility index (Phi) is 4.73. The van der Waals surface area contributed by atoms with E-state index in [9.17, 15) is 31.1 Å². The number of ether oxygens (including phenoxy) is 1. The van der Waals surface area contributed by atoms with E-state index in [2.05, 4.69) is 15.9 Å². The average Bonchev–Trinajstić information content (AvgIpc) is 2.24. The number of carbonyl (C=O) groups is 1. The van der Waals surface area contributed by atoms with E-state index in [1.807, 2.05) is 0 Å². The molecule has 9 heteroatoms. The van der Waals surface area contributed by atoms with Crippen LogP contribution in [0.25, 0.3) is 0 Å². The maximum Gasteiger partial charge on any atom is 0.407 e. The molecule has 0 fully saturated rings. The number of halogens is 7. The standard InChI is InChI=1S/C11H7BrF6O2/c1-20-7-3-2-5(4-6(7)12)8(19)9(10(13,14)15)11(16,17)18/h2-4,9H,1H3. The van der Waals surface area contributed by atoms with E-state index in [0.29, 0.717) is 0 Å². The number of hydrogen-bond acceptors (Lipinski definition) is 2. The summed E-state index contributed by atoms with van der Waals surface area (Å²) in [5.41, 5.74) is -0.711. The van der Waals surface area contributed by atoms with Gasteiger partial charge in [-0.1, -0.05) is 0 Å². The van der Waals surface area contributed by atoms with Crippen LogP contribution >= 0.6 is 15.9 Å². The normalized spacial score (nSPS) is 12.7. The molecular weight excluding hydrogens is 358 g/mol.